The summed E-state index contributed by atoms with van der Waals surface area (Å²) in [6.07, 6.45) is 5.96. The first-order valence-corrected chi connectivity index (χ1v) is 6.33. The quantitative estimate of drug-likeness (QED) is 0.472. The zero-order valence-electron chi connectivity index (χ0n) is 10.8. The Balaban J connectivity index is 2.68. The number of hydrogen-bond donors (Lipinski definition) is 1. The minimum Gasteiger partial charge on any atom is -0.481 e. The summed E-state index contributed by atoms with van der Waals surface area (Å²) in [6.45, 7) is 2.13. The SMILES string of the molecule is CCCCC#CC(OC=CCO)c1ccccc1. The molecule has 1 rings (SSSR count). The van der Waals surface area contributed by atoms with E-state index in [1.165, 1.54) is 6.26 Å². The second-order valence-electron chi connectivity index (χ2n) is 3.91. The van der Waals surface area contributed by atoms with E-state index in [1.807, 2.05) is 30.3 Å². The molecule has 2 heteroatoms. The van der Waals surface area contributed by atoms with E-state index in [4.69, 9.17) is 9.84 Å². The Kier molecular flexibility index (Phi) is 7.43. The van der Waals surface area contributed by atoms with Crippen LogP contribution in [-0.2, 0) is 4.74 Å². The first kappa shape index (κ1) is 14.3. The first-order valence-electron chi connectivity index (χ1n) is 6.33. The highest BCUT2D eigenvalue weighted by Crippen LogP contribution is 2.16. The molecule has 0 aliphatic carbocycles. The average Bonchev–Trinajstić information content (AvgIpc) is 2.42. The van der Waals surface area contributed by atoms with Crippen LogP contribution in [0.3, 0.4) is 0 Å². The van der Waals surface area contributed by atoms with Crippen LogP contribution in [0.15, 0.2) is 42.7 Å². The monoisotopic (exact) mass is 244 g/mol. The average molecular weight is 244 g/mol. The third-order valence-corrected chi connectivity index (χ3v) is 2.41. The van der Waals surface area contributed by atoms with Crippen LogP contribution in [0.5, 0.6) is 0 Å². The summed E-state index contributed by atoms with van der Waals surface area (Å²) in [7, 11) is 0. The molecule has 0 saturated heterocycles. The molecule has 1 unspecified atom stereocenters. The zero-order chi connectivity index (χ0) is 13.1. The second kappa shape index (κ2) is 9.32. The number of aliphatic hydroxyl groups excluding tert-OH is 1. The van der Waals surface area contributed by atoms with Gasteiger partial charge in [-0.15, -0.1) is 0 Å². The second-order valence-corrected chi connectivity index (χ2v) is 3.91. The van der Waals surface area contributed by atoms with Gasteiger partial charge in [-0.3, -0.25) is 0 Å². The minimum absolute atomic E-state index is 0.0230. The van der Waals surface area contributed by atoms with Gasteiger partial charge >= 0.3 is 0 Å². The maximum absolute atomic E-state index is 8.69. The van der Waals surface area contributed by atoms with E-state index in [0.29, 0.717) is 0 Å². The molecule has 2 nitrogen and oxygen atoms in total. The number of aliphatic hydroxyl groups is 1. The van der Waals surface area contributed by atoms with Crippen molar-refractivity contribution in [3.8, 4) is 11.8 Å². The van der Waals surface area contributed by atoms with Crippen LogP contribution in [-0.4, -0.2) is 11.7 Å². The van der Waals surface area contributed by atoms with Crippen LogP contribution < -0.4 is 0 Å². The lowest BCUT2D eigenvalue weighted by atomic mass is 10.1. The lowest BCUT2D eigenvalue weighted by Gasteiger charge is -2.10. The summed E-state index contributed by atoms with van der Waals surface area (Å²) in [5, 5.41) is 8.69. The Morgan fingerprint density at radius 3 is 2.78 bits per heavy atom. The Hall–Kier alpha value is -1.72. The minimum atomic E-state index is -0.258. The lowest BCUT2D eigenvalue weighted by molar-refractivity contribution is 0.195. The Morgan fingerprint density at radius 1 is 1.33 bits per heavy atom. The van der Waals surface area contributed by atoms with Crippen molar-refractivity contribution in [1.29, 1.82) is 0 Å². The summed E-state index contributed by atoms with van der Waals surface area (Å²) in [5.74, 6) is 6.27. The molecule has 0 radical (unpaired) electrons. The fourth-order valence-corrected chi connectivity index (χ4v) is 1.43. The van der Waals surface area contributed by atoms with Gasteiger partial charge in [-0.05, 0) is 12.5 Å². The van der Waals surface area contributed by atoms with Crippen molar-refractivity contribution in [2.75, 3.05) is 6.61 Å². The van der Waals surface area contributed by atoms with E-state index in [2.05, 4.69) is 18.8 Å². The van der Waals surface area contributed by atoms with E-state index in [0.717, 1.165) is 24.8 Å². The summed E-state index contributed by atoms with van der Waals surface area (Å²) in [6, 6.07) is 9.89. The van der Waals surface area contributed by atoms with Gasteiger partial charge < -0.3 is 9.84 Å². The van der Waals surface area contributed by atoms with Gasteiger partial charge in [-0.1, -0.05) is 55.5 Å². The molecule has 1 aromatic carbocycles. The van der Waals surface area contributed by atoms with Crippen LogP contribution in [0.1, 0.15) is 37.9 Å². The summed E-state index contributed by atoms with van der Waals surface area (Å²) in [4.78, 5) is 0. The van der Waals surface area contributed by atoms with Crippen LogP contribution >= 0.6 is 0 Å². The summed E-state index contributed by atoms with van der Waals surface area (Å²) >= 11 is 0. The van der Waals surface area contributed by atoms with Gasteiger partial charge in [0.25, 0.3) is 0 Å². The molecule has 0 amide bonds. The van der Waals surface area contributed by atoms with E-state index in [1.54, 1.807) is 6.08 Å². The molecule has 1 aromatic rings. The molecule has 0 bridgehead atoms. The number of rotatable bonds is 6. The van der Waals surface area contributed by atoms with Gasteiger partial charge in [0.05, 0.1) is 12.9 Å². The third kappa shape index (κ3) is 5.56. The molecule has 0 aliphatic rings. The fraction of sp³-hybridized carbons (Fsp3) is 0.375. The van der Waals surface area contributed by atoms with Crippen molar-refractivity contribution in [2.45, 2.75) is 32.3 Å². The lowest BCUT2D eigenvalue weighted by Crippen LogP contribution is -1.97. The third-order valence-electron chi connectivity index (χ3n) is 2.41. The predicted octanol–water partition coefficient (Wildman–Crippen LogP) is 3.44. The Labute approximate surface area is 109 Å². The van der Waals surface area contributed by atoms with Gasteiger partial charge in [-0.2, -0.15) is 0 Å². The van der Waals surface area contributed by atoms with Gasteiger partial charge in [0.2, 0.25) is 0 Å². The van der Waals surface area contributed by atoms with Gasteiger partial charge in [0, 0.05) is 12.0 Å². The molecular weight excluding hydrogens is 224 g/mol. The normalized spacial score (nSPS) is 11.9. The fourth-order valence-electron chi connectivity index (χ4n) is 1.43. The van der Waals surface area contributed by atoms with Gasteiger partial charge in [-0.25, -0.2) is 0 Å². The molecule has 1 atom stereocenters. The van der Waals surface area contributed by atoms with Crippen molar-refractivity contribution in [3.63, 3.8) is 0 Å². The smallest absolute Gasteiger partial charge is 0.183 e. The van der Waals surface area contributed by atoms with Crippen molar-refractivity contribution in [3.05, 3.63) is 48.2 Å². The van der Waals surface area contributed by atoms with E-state index in [-0.39, 0.29) is 12.7 Å². The number of unbranched alkanes of at least 4 members (excludes halogenated alkanes) is 2. The number of hydrogen-bond acceptors (Lipinski definition) is 2. The van der Waals surface area contributed by atoms with Crippen LogP contribution in [0.2, 0.25) is 0 Å². The van der Waals surface area contributed by atoms with Crippen molar-refractivity contribution in [2.24, 2.45) is 0 Å². The largest absolute Gasteiger partial charge is 0.481 e. The molecule has 96 valence electrons. The standard InChI is InChI=1S/C16H20O2/c1-2-3-4-8-12-16(18-14-9-13-17)15-10-6-5-7-11-15/h5-7,9-11,14,16-17H,2-4,13H2,1H3. The molecule has 18 heavy (non-hydrogen) atoms. The zero-order valence-corrected chi connectivity index (χ0v) is 10.8. The van der Waals surface area contributed by atoms with Crippen molar-refractivity contribution >= 4 is 0 Å². The summed E-state index contributed by atoms with van der Waals surface area (Å²) in [5.41, 5.74) is 1.03. The Bertz CT molecular complexity index is 398. The topological polar surface area (TPSA) is 29.5 Å². The maximum Gasteiger partial charge on any atom is 0.183 e. The maximum atomic E-state index is 8.69. The molecule has 0 heterocycles. The number of benzene rings is 1. The molecule has 0 spiro atoms. The van der Waals surface area contributed by atoms with E-state index >= 15 is 0 Å². The molecular formula is C16H20O2. The van der Waals surface area contributed by atoms with Crippen molar-refractivity contribution < 1.29 is 9.84 Å². The molecule has 0 saturated carbocycles. The van der Waals surface area contributed by atoms with Gasteiger partial charge in [0.15, 0.2) is 6.10 Å². The molecule has 1 N–H and O–H groups in total. The molecule has 0 aliphatic heterocycles. The van der Waals surface area contributed by atoms with Crippen LogP contribution in [0.4, 0.5) is 0 Å². The van der Waals surface area contributed by atoms with Crippen molar-refractivity contribution in [1.82, 2.24) is 0 Å². The van der Waals surface area contributed by atoms with Crippen LogP contribution in [0.25, 0.3) is 0 Å². The molecule has 0 fully saturated rings. The van der Waals surface area contributed by atoms with E-state index in [9.17, 15) is 0 Å². The number of ether oxygens (including phenoxy) is 1. The van der Waals surface area contributed by atoms with E-state index < -0.39 is 0 Å². The highest BCUT2D eigenvalue weighted by atomic mass is 16.5. The predicted molar refractivity (Wildman–Crippen MR) is 73.8 cm³/mol. The van der Waals surface area contributed by atoms with Gasteiger partial charge in [0.1, 0.15) is 0 Å². The Morgan fingerprint density at radius 2 is 2.11 bits per heavy atom. The first-order chi connectivity index (χ1) is 8.88. The highest BCUT2D eigenvalue weighted by Gasteiger charge is 2.06. The summed E-state index contributed by atoms with van der Waals surface area (Å²) < 4.78 is 5.53. The van der Waals surface area contributed by atoms with Crippen LogP contribution in [0, 0.1) is 11.8 Å². The molecule has 0 aromatic heterocycles. The highest BCUT2D eigenvalue weighted by molar-refractivity contribution is 5.25.